The maximum atomic E-state index is 6.38. The highest BCUT2D eigenvalue weighted by Crippen LogP contribution is 2.46. The van der Waals surface area contributed by atoms with Gasteiger partial charge >= 0.3 is 0 Å². The van der Waals surface area contributed by atoms with Gasteiger partial charge in [-0.1, -0.05) is 0 Å². The van der Waals surface area contributed by atoms with E-state index >= 15 is 0 Å². The molecule has 1 aliphatic heterocycles. The molecule has 0 spiro atoms. The molecule has 0 atom stereocenters. The first-order valence-corrected chi connectivity index (χ1v) is 6.45. The Labute approximate surface area is 114 Å². The lowest BCUT2D eigenvalue weighted by molar-refractivity contribution is -0.0928. The van der Waals surface area contributed by atoms with Crippen LogP contribution in [0.1, 0.15) is 25.0 Å². The first-order valence-electron chi connectivity index (χ1n) is 6.45. The van der Waals surface area contributed by atoms with E-state index in [1.165, 1.54) is 0 Å². The van der Waals surface area contributed by atoms with Gasteiger partial charge in [0.15, 0.2) is 0 Å². The Morgan fingerprint density at radius 1 is 1.16 bits per heavy atom. The van der Waals surface area contributed by atoms with E-state index < -0.39 is 5.54 Å². The number of methoxy groups -OCH3 is 2. The van der Waals surface area contributed by atoms with Crippen molar-refractivity contribution in [1.29, 1.82) is 0 Å². The summed E-state index contributed by atoms with van der Waals surface area (Å²) in [5.41, 5.74) is 7.89. The van der Waals surface area contributed by atoms with Gasteiger partial charge in [0.1, 0.15) is 11.5 Å². The Hall–Kier alpha value is -1.26. The highest BCUT2D eigenvalue weighted by molar-refractivity contribution is 5.51. The predicted molar refractivity (Wildman–Crippen MR) is 75.0 cm³/mol. The second-order valence-corrected chi connectivity index (χ2v) is 5.82. The van der Waals surface area contributed by atoms with Crippen LogP contribution < -0.4 is 15.2 Å². The molecule has 1 aliphatic rings. The Morgan fingerprint density at radius 2 is 1.74 bits per heavy atom. The molecule has 1 fully saturated rings. The van der Waals surface area contributed by atoms with Crippen LogP contribution in [0.2, 0.25) is 0 Å². The van der Waals surface area contributed by atoms with Crippen molar-refractivity contribution in [2.45, 2.75) is 31.7 Å². The van der Waals surface area contributed by atoms with Gasteiger partial charge < -0.3 is 19.9 Å². The summed E-state index contributed by atoms with van der Waals surface area (Å²) >= 11 is 0. The standard InChI is InChI=1S/C15H23NO3/c1-10-6-13(18-5)11(7-12(10)17-4)15(8-19-9-15)14(2,3)16/h6-7H,8-9,16H2,1-5H3. The molecule has 1 saturated heterocycles. The lowest BCUT2D eigenvalue weighted by Crippen LogP contribution is -2.64. The quantitative estimate of drug-likeness (QED) is 0.905. The van der Waals surface area contributed by atoms with Crippen LogP contribution in [0.4, 0.5) is 0 Å². The summed E-state index contributed by atoms with van der Waals surface area (Å²) < 4.78 is 16.4. The van der Waals surface area contributed by atoms with E-state index in [1.54, 1.807) is 14.2 Å². The van der Waals surface area contributed by atoms with Crippen LogP contribution in [-0.2, 0) is 10.2 Å². The molecular formula is C15H23NO3. The number of ether oxygens (including phenoxy) is 3. The van der Waals surface area contributed by atoms with Gasteiger partial charge in [-0.15, -0.1) is 0 Å². The lowest BCUT2D eigenvalue weighted by Gasteiger charge is -2.51. The average molecular weight is 265 g/mol. The minimum Gasteiger partial charge on any atom is -0.496 e. The Kier molecular flexibility index (Phi) is 3.49. The molecule has 1 aromatic rings. The second-order valence-electron chi connectivity index (χ2n) is 5.82. The van der Waals surface area contributed by atoms with Crippen molar-refractivity contribution in [3.8, 4) is 11.5 Å². The van der Waals surface area contributed by atoms with Crippen molar-refractivity contribution in [3.05, 3.63) is 23.3 Å². The van der Waals surface area contributed by atoms with Crippen LogP contribution in [0.5, 0.6) is 11.5 Å². The summed E-state index contributed by atoms with van der Waals surface area (Å²) in [4.78, 5) is 0. The van der Waals surface area contributed by atoms with Crippen LogP contribution in [0, 0.1) is 6.92 Å². The van der Waals surface area contributed by atoms with Gasteiger partial charge in [0.2, 0.25) is 0 Å². The Morgan fingerprint density at radius 3 is 2.11 bits per heavy atom. The van der Waals surface area contributed by atoms with Crippen LogP contribution >= 0.6 is 0 Å². The third kappa shape index (κ3) is 2.09. The molecule has 4 nitrogen and oxygen atoms in total. The smallest absolute Gasteiger partial charge is 0.123 e. The van der Waals surface area contributed by atoms with E-state index in [2.05, 4.69) is 0 Å². The van der Waals surface area contributed by atoms with Crippen molar-refractivity contribution in [3.63, 3.8) is 0 Å². The van der Waals surface area contributed by atoms with Crippen molar-refractivity contribution in [2.75, 3.05) is 27.4 Å². The summed E-state index contributed by atoms with van der Waals surface area (Å²) in [5, 5.41) is 0. The Bertz CT molecular complexity index is 473. The molecular weight excluding hydrogens is 242 g/mol. The number of benzene rings is 1. The highest BCUT2D eigenvalue weighted by atomic mass is 16.5. The predicted octanol–water partition coefficient (Wildman–Crippen LogP) is 2.02. The number of rotatable bonds is 4. The monoisotopic (exact) mass is 265 g/mol. The topological polar surface area (TPSA) is 53.7 Å². The summed E-state index contributed by atoms with van der Waals surface area (Å²) in [6.07, 6.45) is 0. The maximum Gasteiger partial charge on any atom is 0.123 e. The summed E-state index contributed by atoms with van der Waals surface area (Å²) in [5.74, 6) is 1.70. The van der Waals surface area contributed by atoms with E-state index in [4.69, 9.17) is 19.9 Å². The molecule has 1 aromatic carbocycles. The van der Waals surface area contributed by atoms with E-state index in [9.17, 15) is 0 Å². The van der Waals surface area contributed by atoms with Gasteiger partial charge in [-0.3, -0.25) is 0 Å². The summed E-state index contributed by atoms with van der Waals surface area (Å²) in [6.45, 7) is 7.28. The van der Waals surface area contributed by atoms with Gasteiger partial charge in [0.25, 0.3) is 0 Å². The normalized spacial score (nSPS) is 17.8. The average Bonchev–Trinajstić information content (AvgIpc) is 2.26. The minimum absolute atomic E-state index is 0.223. The van der Waals surface area contributed by atoms with Gasteiger partial charge in [-0.2, -0.15) is 0 Å². The number of aryl methyl sites for hydroxylation is 1. The van der Waals surface area contributed by atoms with Gasteiger partial charge in [0, 0.05) is 11.1 Å². The van der Waals surface area contributed by atoms with Gasteiger partial charge in [-0.25, -0.2) is 0 Å². The molecule has 106 valence electrons. The van der Waals surface area contributed by atoms with Crippen LogP contribution in [0.25, 0.3) is 0 Å². The van der Waals surface area contributed by atoms with E-state index in [1.807, 2.05) is 32.9 Å². The fraction of sp³-hybridized carbons (Fsp3) is 0.600. The largest absolute Gasteiger partial charge is 0.496 e. The first kappa shape index (κ1) is 14.2. The minimum atomic E-state index is -0.390. The molecule has 2 rings (SSSR count). The van der Waals surface area contributed by atoms with E-state index in [0.717, 1.165) is 22.6 Å². The summed E-state index contributed by atoms with van der Waals surface area (Å²) in [7, 11) is 3.36. The fourth-order valence-electron chi connectivity index (χ4n) is 2.61. The van der Waals surface area contributed by atoms with Gasteiger partial charge in [-0.05, 0) is 38.5 Å². The molecule has 19 heavy (non-hydrogen) atoms. The zero-order chi connectivity index (χ0) is 14.3. The SMILES string of the molecule is COc1cc(C2(C(C)(C)N)COC2)c(OC)cc1C. The molecule has 0 amide bonds. The summed E-state index contributed by atoms with van der Waals surface area (Å²) in [6, 6.07) is 4.03. The zero-order valence-corrected chi connectivity index (χ0v) is 12.4. The fourth-order valence-corrected chi connectivity index (χ4v) is 2.61. The maximum absolute atomic E-state index is 6.38. The molecule has 0 radical (unpaired) electrons. The molecule has 0 aromatic heterocycles. The number of hydrogen-bond acceptors (Lipinski definition) is 4. The van der Waals surface area contributed by atoms with Crippen molar-refractivity contribution in [2.24, 2.45) is 5.73 Å². The molecule has 2 N–H and O–H groups in total. The first-order chi connectivity index (χ1) is 8.85. The molecule has 4 heteroatoms. The van der Waals surface area contributed by atoms with Gasteiger partial charge in [0.05, 0.1) is 32.8 Å². The lowest BCUT2D eigenvalue weighted by atomic mass is 9.65. The zero-order valence-electron chi connectivity index (χ0n) is 12.4. The second kappa shape index (κ2) is 4.69. The third-order valence-corrected chi connectivity index (χ3v) is 4.16. The third-order valence-electron chi connectivity index (χ3n) is 4.16. The van der Waals surface area contributed by atoms with Crippen molar-refractivity contribution < 1.29 is 14.2 Å². The molecule has 0 saturated carbocycles. The van der Waals surface area contributed by atoms with Crippen molar-refractivity contribution in [1.82, 2.24) is 0 Å². The number of nitrogens with two attached hydrogens (primary N) is 1. The van der Waals surface area contributed by atoms with Crippen LogP contribution in [-0.4, -0.2) is 33.0 Å². The number of hydrogen-bond donors (Lipinski definition) is 1. The van der Waals surface area contributed by atoms with Crippen LogP contribution in [0.15, 0.2) is 12.1 Å². The van der Waals surface area contributed by atoms with Crippen LogP contribution in [0.3, 0.4) is 0 Å². The molecule has 0 unspecified atom stereocenters. The highest BCUT2D eigenvalue weighted by Gasteiger charge is 2.52. The van der Waals surface area contributed by atoms with Crippen molar-refractivity contribution >= 4 is 0 Å². The molecule has 0 bridgehead atoms. The van der Waals surface area contributed by atoms with E-state index in [-0.39, 0.29) is 5.41 Å². The Balaban J connectivity index is 2.60. The molecule has 1 heterocycles. The van der Waals surface area contributed by atoms with E-state index in [0.29, 0.717) is 13.2 Å². The molecule has 0 aliphatic carbocycles.